The number of hydrogen-bond acceptors (Lipinski definition) is 5. The Morgan fingerprint density at radius 2 is 1.55 bits per heavy atom. The fraction of sp³-hybridized carbons (Fsp3) is 0.273. The average molecular weight is 411 g/mol. The van der Waals surface area contributed by atoms with Crippen LogP contribution in [0.25, 0.3) is 0 Å². The highest BCUT2D eigenvalue weighted by Gasteiger charge is 2.17. The Morgan fingerprint density at radius 3 is 2.03 bits per heavy atom. The van der Waals surface area contributed by atoms with Crippen LogP contribution in [0.15, 0.2) is 63.4 Å². The zero-order valence-electron chi connectivity index (χ0n) is 17.3. The van der Waals surface area contributed by atoms with E-state index >= 15 is 0 Å². The Balaban J connectivity index is 1.74. The second-order valence-corrected chi connectivity index (χ2v) is 9.28. The summed E-state index contributed by atoms with van der Waals surface area (Å²) in [6.07, 6.45) is 1.72. The molecule has 0 bridgehead atoms. The van der Waals surface area contributed by atoms with Crippen molar-refractivity contribution in [2.24, 2.45) is 12.1 Å². The number of hydrogen-bond donors (Lipinski definition) is 1. The predicted molar refractivity (Wildman–Crippen MR) is 116 cm³/mol. The molecule has 0 saturated heterocycles. The van der Waals surface area contributed by atoms with Gasteiger partial charge in [-0.2, -0.15) is 10.2 Å². The molecule has 3 rings (SSSR count). The SMILES string of the molecule is Cc1nn(C)c(C)c1/C=N\Nc1ccc(S(=O)(=O)c2ccc(C(C)C)cc2)cc1. The van der Waals surface area contributed by atoms with Crippen molar-refractivity contribution >= 4 is 21.7 Å². The maximum atomic E-state index is 12.8. The van der Waals surface area contributed by atoms with Crippen LogP contribution in [0, 0.1) is 13.8 Å². The summed E-state index contributed by atoms with van der Waals surface area (Å²) in [6, 6.07) is 13.6. The van der Waals surface area contributed by atoms with Crippen LogP contribution in [0.3, 0.4) is 0 Å². The van der Waals surface area contributed by atoms with Crippen molar-refractivity contribution in [3.05, 3.63) is 71.0 Å². The van der Waals surface area contributed by atoms with Crippen molar-refractivity contribution in [1.29, 1.82) is 0 Å². The molecule has 0 amide bonds. The first-order valence-corrected chi connectivity index (χ1v) is 10.9. The Bertz CT molecular complexity index is 1130. The first kappa shape index (κ1) is 20.8. The third-order valence-corrected chi connectivity index (χ3v) is 6.76. The van der Waals surface area contributed by atoms with E-state index in [0.717, 1.165) is 22.5 Å². The lowest BCUT2D eigenvalue weighted by Crippen LogP contribution is -2.02. The third-order valence-electron chi connectivity index (χ3n) is 4.97. The van der Waals surface area contributed by atoms with Crippen LogP contribution in [0.1, 0.15) is 42.3 Å². The number of hydrazone groups is 1. The molecule has 0 saturated carbocycles. The van der Waals surface area contributed by atoms with E-state index in [0.29, 0.717) is 16.5 Å². The van der Waals surface area contributed by atoms with E-state index in [9.17, 15) is 8.42 Å². The molecule has 0 radical (unpaired) electrons. The van der Waals surface area contributed by atoms with Crippen LogP contribution in [-0.4, -0.2) is 24.4 Å². The number of benzene rings is 2. The van der Waals surface area contributed by atoms with Gasteiger partial charge < -0.3 is 0 Å². The highest BCUT2D eigenvalue weighted by molar-refractivity contribution is 7.91. The molecule has 1 N–H and O–H groups in total. The van der Waals surface area contributed by atoms with Gasteiger partial charge in [0.05, 0.1) is 27.4 Å². The van der Waals surface area contributed by atoms with E-state index in [4.69, 9.17) is 0 Å². The van der Waals surface area contributed by atoms with Gasteiger partial charge >= 0.3 is 0 Å². The molecular formula is C22H26N4O2S. The molecule has 7 heteroatoms. The lowest BCUT2D eigenvalue weighted by Gasteiger charge is -2.09. The summed E-state index contributed by atoms with van der Waals surface area (Å²) < 4.78 is 27.5. The molecule has 29 heavy (non-hydrogen) atoms. The molecule has 3 aromatic rings. The molecule has 0 unspecified atom stereocenters. The number of nitrogens with zero attached hydrogens (tertiary/aromatic N) is 3. The quantitative estimate of drug-likeness (QED) is 0.481. The van der Waals surface area contributed by atoms with Crippen molar-refractivity contribution in [1.82, 2.24) is 9.78 Å². The minimum absolute atomic E-state index is 0.253. The van der Waals surface area contributed by atoms with E-state index < -0.39 is 9.84 Å². The topological polar surface area (TPSA) is 76.3 Å². The van der Waals surface area contributed by atoms with Gasteiger partial charge in [0.15, 0.2) is 0 Å². The summed E-state index contributed by atoms with van der Waals surface area (Å²) in [5.41, 5.74) is 7.64. The van der Waals surface area contributed by atoms with E-state index in [-0.39, 0.29) is 4.90 Å². The minimum Gasteiger partial charge on any atom is -0.279 e. The highest BCUT2D eigenvalue weighted by Crippen LogP contribution is 2.24. The number of nitrogens with one attached hydrogen (secondary N) is 1. The molecular weight excluding hydrogens is 384 g/mol. The molecule has 1 heterocycles. The number of aryl methyl sites for hydroxylation is 2. The molecule has 1 aromatic heterocycles. The van der Waals surface area contributed by atoms with Gasteiger partial charge in [-0.15, -0.1) is 0 Å². The standard InChI is InChI=1S/C22H26N4O2S/c1-15(2)18-6-10-20(11-7-18)29(27,28)21-12-8-19(9-13-21)24-23-14-22-16(3)25-26(5)17(22)4/h6-15,24H,1-5H3/b23-14-. The van der Waals surface area contributed by atoms with Gasteiger partial charge in [-0.05, 0) is 61.7 Å². The van der Waals surface area contributed by atoms with Crippen molar-refractivity contribution in [3.63, 3.8) is 0 Å². The van der Waals surface area contributed by atoms with E-state index in [1.54, 1.807) is 42.6 Å². The second kappa shape index (κ2) is 8.21. The summed E-state index contributed by atoms with van der Waals surface area (Å²) in [5.74, 6) is 0.358. The number of anilines is 1. The van der Waals surface area contributed by atoms with Crippen molar-refractivity contribution in [2.75, 3.05) is 5.43 Å². The number of rotatable bonds is 6. The zero-order chi connectivity index (χ0) is 21.2. The van der Waals surface area contributed by atoms with Gasteiger partial charge in [0.1, 0.15) is 0 Å². The second-order valence-electron chi connectivity index (χ2n) is 7.33. The molecule has 2 aromatic carbocycles. The van der Waals surface area contributed by atoms with E-state index in [1.165, 1.54) is 0 Å². The lowest BCUT2D eigenvalue weighted by molar-refractivity contribution is 0.596. The third kappa shape index (κ3) is 4.40. The zero-order valence-corrected chi connectivity index (χ0v) is 18.2. The van der Waals surface area contributed by atoms with E-state index in [2.05, 4.69) is 29.5 Å². The Labute approximate surface area is 172 Å². The van der Waals surface area contributed by atoms with Crippen LogP contribution in [0.5, 0.6) is 0 Å². The molecule has 0 atom stereocenters. The van der Waals surface area contributed by atoms with Crippen LogP contribution in [-0.2, 0) is 16.9 Å². The molecule has 0 aliphatic rings. The molecule has 0 aliphatic carbocycles. The molecule has 152 valence electrons. The highest BCUT2D eigenvalue weighted by atomic mass is 32.2. The fourth-order valence-electron chi connectivity index (χ4n) is 3.02. The largest absolute Gasteiger partial charge is 0.279 e. The van der Waals surface area contributed by atoms with Gasteiger partial charge in [0.2, 0.25) is 9.84 Å². The Hall–Kier alpha value is -2.93. The van der Waals surface area contributed by atoms with Crippen molar-refractivity contribution < 1.29 is 8.42 Å². The Morgan fingerprint density at radius 1 is 1.00 bits per heavy atom. The summed E-state index contributed by atoms with van der Waals surface area (Å²) in [6.45, 7) is 8.07. The first-order valence-electron chi connectivity index (χ1n) is 9.44. The van der Waals surface area contributed by atoms with Crippen molar-refractivity contribution in [2.45, 2.75) is 43.4 Å². The monoisotopic (exact) mass is 410 g/mol. The van der Waals surface area contributed by atoms with Crippen LogP contribution >= 0.6 is 0 Å². The van der Waals surface area contributed by atoms with Crippen molar-refractivity contribution in [3.8, 4) is 0 Å². The van der Waals surface area contributed by atoms with Gasteiger partial charge in [-0.3, -0.25) is 10.1 Å². The predicted octanol–water partition coefficient (Wildman–Crippen LogP) is 4.44. The van der Waals surface area contributed by atoms with Gasteiger partial charge in [0.25, 0.3) is 0 Å². The normalized spacial score (nSPS) is 12.1. The summed E-state index contributed by atoms with van der Waals surface area (Å²) >= 11 is 0. The Kier molecular flexibility index (Phi) is 5.88. The fourth-order valence-corrected chi connectivity index (χ4v) is 4.29. The smallest absolute Gasteiger partial charge is 0.206 e. The van der Waals surface area contributed by atoms with Crippen LogP contribution in [0.4, 0.5) is 5.69 Å². The van der Waals surface area contributed by atoms with Crippen LogP contribution in [0.2, 0.25) is 0 Å². The summed E-state index contributed by atoms with van der Waals surface area (Å²) in [5, 5.41) is 8.59. The van der Waals surface area contributed by atoms with Gasteiger partial charge in [-0.1, -0.05) is 26.0 Å². The molecule has 0 fully saturated rings. The number of aromatic nitrogens is 2. The lowest BCUT2D eigenvalue weighted by atomic mass is 10.0. The number of sulfone groups is 1. The van der Waals surface area contributed by atoms with Crippen LogP contribution < -0.4 is 5.43 Å². The molecule has 0 aliphatic heterocycles. The van der Waals surface area contributed by atoms with E-state index in [1.807, 2.05) is 37.7 Å². The summed E-state index contributed by atoms with van der Waals surface area (Å²) in [7, 11) is -1.66. The molecule has 6 nitrogen and oxygen atoms in total. The first-order chi connectivity index (χ1) is 13.7. The maximum absolute atomic E-state index is 12.8. The van der Waals surface area contributed by atoms with Gasteiger partial charge in [0, 0.05) is 18.3 Å². The van der Waals surface area contributed by atoms with Gasteiger partial charge in [-0.25, -0.2) is 8.42 Å². The maximum Gasteiger partial charge on any atom is 0.206 e. The summed E-state index contributed by atoms with van der Waals surface area (Å²) in [4.78, 5) is 0.548. The minimum atomic E-state index is -3.55. The molecule has 0 spiro atoms. The average Bonchev–Trinajstić information content (AvgIpc) is 2.94.